The lowest BCUT2D eigenvalue weighted by Gasteiger charge is -2.39. The van der Waals surface area contributed by atoms with Crippen molar-refractivity contribution < 1.29 is 0 Å². The van der Waals surface area contributed by atoms with Crippen LogP contribution in [0.4, 0.5) is 0 Å². The summed E-state index contributed by atoms with van der Waals surface area (Å²) < 4.78 is 0. The van der Waals surface area contributed by atoms with E-state index in [1.54, 1.807) is 0 Å². The van der Waals surface area contributed by atoms with Crippen LogP contribution < -0.4 is 5.32 Å². The molecule has 1 unspecified atom stereocenters. The zero-order valence-electron chi connectivity index (χ0n) is 13.4. The van der Waals surface area contributed by atoms with Crippen molar-refractivity contribution in [2.24, 2.45) is 17.3 Å². The quantitative estimate of drug-likeness (QED) is 0.702. The van der Waals surface area contributed by atoms with Crippen LogP contribution in [0.3, 0.4) is 0 Å². The van der Waals surface area contributed by atoms with E-state index in [-0.39, 0.29) is 0 Å². The van der Waals surface area contributed by atoms with Gasteiger partial charge >= 0.3 is 0 Å². The molecule has 1 aliphatic carbocycles. The van der Waals surface area contributed by atoms with E-state index in [9.17, 15) is 0 Å². The number of hydrogen-bond donors (Lipinski definition) is 1. The van der Waals surface area contributed by atoms with Crippen molar-refractivity contribution in [2.45, 2.75) is 85.6 Å². The number of hydrogen-bond acceptors (Lipinski definition) is 1. The summed E-state index contributed by atoms with van der Waals surface area (Å²) in [6.45, 7) is 12.9. The highest BCUT2D eigenvalue weighted by Crippen LogP contribution is 2.41. The van der Waals surface area contributed by atoms with Gasteiger partial charge < -0.3 is 5.32 Å². The molecule has 0 saturated heterocycles. The van der Waals surface area contributed by atoms with Gasteiger partial charge in [0.25, 0.3) is 0 Å². The van der Waals surface area contributed by atoms with Crippen LogP contribution in [0.5, 0.6) is 0 Å². The minimum atomic E-state index is 0.516. The Hall–Kier alpha value is -0.0400. The fourth-order valence-electron chi connectivity index (χ4n) is 3.58. The Balaban J connectivity index is 2.43. The summed E-state index contributed by atoms with van der Waals surface area (Å²) in [6, 6.07) is 0.788. The standard InChI is InChI=1S/C17H35N/c1-6-8-9-16(18-7-2)14-10-12-15(13-11-14)17(3,4)5/h14-16,18H,6-13H2,1-5H3. The largest absolute Gasteiger partial charge is 0.314 e. The highest BCUT2D eigenvalue weighted by atomic mass is 14.9. The Kier molecular flexibility index (Phi) is 6.70. The molecule has 0 aromatic heterocycles. The van der Waals surface area contributed by atoms with E-state index >= 15 is 0 Å². The van der Waals surface area contributed by atoms with Crippen LogP contribution in [0.1, 0.15) is 79.6 Å². The Morgan fingerprint density at radius 3 is 2.11 bits per heavy atom. The predicted octanol–water partition coefficient (Wildman–Crippen LogP) is 5.01. The second-order valence-corrected chi connectivity index (χ2v) is 7.28. The molecule has 1 fully saturated rings. The molecule has 0 heterocycles. The summed E-state index contributed by atoms with van der Waals surface area (Å²) in [5, 5.41) is 3.74. The summed E-state index contributed by atoms with van der Waals surface area (Å²) in [6.07, 6.45) is 9.89. The molecule has 1 atom stereocenters. The van der Waals surface area contributed by atoms with Gasteiger partial charge in [0.1, 0.15) is 0 Å². The zero-order chi connectivity index (χ0) is 13.6. The summed E-state index contributed by atoms with van der Waals surface area (Å²) in [5.41, 5.74) is 0.516. The highest BCUT2D eigenvalue weighted by molar-refractivity contribution is 4.85. The van der Waals surface area contributed by atoms with Gasteiger partial charge in [-0.1, -0.05) is 47.5 Å². The maximum Gasteiger partial charge on any atom is 0.00952 e. The topological polar surface area (TPSA) is 12.0 Å². The van der Waals surface area contributed by atoms with Crippen LogP contribution in [0, 0.1) is 17.3 Å². The zero-order valence-corrected chi connectivity index (χ0v) is 13.4. The summed E-state index contributed by atoms with van der Waals surface area (Å²) in [7, 11) is 0. The maximum atomic E-state index is 3.74. The molecule has 108 valence electrons. The lowest BCUT2D eigenvalue weighted by molar-refractivity contribution is 0.130. The third-order valence-electron chi connectivity index (χ3n) is 4.90. The summed E-state index contributed by atoms with van der Waals surface area (Å²) in [4.78, 5) is 0. The number of rotatable bonds is 6. The minimum Gasteiger partial charge on any atom is -0.314 e. The third-order valence-corrected chi connectivity index (χ3v) is 4.90. The van der Waals surface area contributed by atoms with Crippen molar-refractivity contribution in [3.63, 3.8) is 0 Å². The Morgan fingerprint density at radius 1 is 1.06 bits per heavy atom. The van der Waals surface area contributed by atoms with E-state index in [4.69, 9.17) is 0 Å². The van der Waals surface area contributed by atoms with Gasteiger partial charge in [-0.25, -0.2) is 0 Å². The van der Waals surface area contributed by atoms with Crippen LogP contribution >= 0.6 is 0 Å². The molecule has 0 bridgehead atoms. The van der Waals surface area contributed by atoms with Gasteiger partial charge in [-0.2, -0.15) is 0 Å². The first-order chi connectivity index (χ1) is 8.49. The first kappa shape index (κ1) is 16.0. The SMILES string of the molecule is CCCCC(NCC)C1CCC(C(C)(C)C)CC1. The molecule has 0 aromatic carbocycles. The molecule has 18 heavy (non-hydrogen) atoms. The van der Waals surface area contributed by atoms with Crippen LogP contribution in [-0.2, 0) is 0 Å². The number of unbranched alkanes of at least 4 members (excludes halogenated alkanes) is 1. The van der Waals surface area contributed by atoms with E-state index in [0.717, 1.165) is 24.4 Å². The smallest absolute Gasteiger partial charge is 0.00952 e. The van der Waals surface area contributed by atoms with Gasteiger partial charge in [0.15, 0.2) is 0 Å². The Morgan fingerprint density at radius 2 is 1.67 bits per heavy atom. The van der Waals surface area contributed by atoms with Crippen LogP contribution in [0.25, 0.3) is 0 Å². The molecule has 0 radical (unpaired) electrons. The van der Waals surface area contributed by atoms with Crippen molar-refractivity contribution in [1.29, 1.82) is 0 Å². The van der Waals surface area contributed by atoms with Crippen molar-refractivity contribution in [2.75, 3.05) is 6.54 Å². The average Bonchev–Trinajstić information content (AvgIpc) is 2.33. The van der Waals surface area contributed by atoms with Crippen molar-refractivity contribution in [1.82, 2.24) is 5.32 Å². The fourth-order valence-corrected chi connectivity index (χ4v) is 3.58. The van der Waals surface area contributed by atoms with Gasteiger partial charge in [-0.05, 0) is 55.9 Å². The first-order valence-corrected chi connectivity index (χ1v) is 8.22. The molecule has 0 spiro atoms. The Bertz CT molecular complexity index is 208. The first-order valence-electron chi connectivity index (χ1n) is 8.22. The van der Waals surface area contributed by atoms with E-state index in [0.29, 0.717) is 5.41 Å². The monoisotopic (exact) mass is 253 g/mol. The second kappa shape index (κ2) is 7.53. The average molecular weight is 253 g/mol. The van der Waals surface area contributed by atoms with Gasteiger partial charge in [0.2, 0.25) is 0 Å². The molecule has 0 aliphatic heterocycles. The van der Waals surface area contributed by atoms with Crippen molar-refractivity contribution in [3.8, 4) is 0 Å². The van der Waals surface area contributed by atoms with Crippen LogP contribution in [0.15, 0.2) is 0 Å². The fraction of sp³-hybridized carbons (Fsp3) is 1.00. The van der Waals surface area contributed by atoms with Gasteiger partial charge in [0, 0.05) is 6.04 Å². The van der Waals surface area contributed by atoms with E-state index in [2.05, 4.69) is 39.9 Å². The lowest BCUT2D eigenvalue weighted by atomic mass is 9.68. The van der Waals surface area contributed by atoms with E-state index < -0.39 is 0 Å². The molecule has 1 aliphatic rings. The van der Waals surface area contributed by atoms with E-state index in [1.165, 1.54) is 44.9 Å². The van der Waals surface area contributed by atoms with Crippen LogP contribution in [0.2, 0.25) is 0 Å². The van der Waals surface area contributed by atoms with Crippen molar-refractivity contribution >= 4 is 0 Å². The molecular formula is C17H35N. The number of nitrogens with one attached hydrogen (secondary N) is 1. The highest BCUT2D eigenvalue weighted by Gasteiger charge is 2.32. The molecule has 1 nitrogen and oxygen atoms in total. The predicted molar refractivity (Wildman–Crippen MR) is 81.9 cm³/mol. The Labute approximate surface area is 115 Å². The molecule has 1 rings (SSSR count). The molecule has 1 N–H and O–H groups in total. The maximum absolute atomic E-state index is 3.74. The molecular weight excluding hydrogens is 218 g/mol. The molecule has 1 heteroatoms. The molecule has 0 amide bonds. The molecule has 0 aromatic rings. The van der Waals surface area contributed by atoms with Gasteiger partial charge in [0.05, 0.1) is 0 Å². The molecule has 1 saturated carbocycles. The minimum absolute atomic E-state index is 0.516. The van der Waals surface area contributed by atoms with E-state index in [1.807, 2.05) is 0 Å². The third kappa shape index (κ3) is 4.91. The summed E-state index contributed by atoms with van der Waals surface area (Å²) in [5.74, 6) is 1.89. The second-order valence-electron chi connectivity index (χ2n) is 7.28. The normalized spacial score (nSPS) is 27.2. The van der Waals surface area contributed by atoms with Crippen LogP contribution in [-0.4, -0.2) is 12.6 Å². The summed E-state index contributed by atoms with van der Waals surface area (Å²) >= 11 is 0. The van der Waals surface area contributed by atoms with Gasteiger partial charge in [-0.15, -0.1) is 0 Å². The van der Waals surface area contributed by atoms with Gasteiger partial charge in [-0.3, -0.25) is 0 Å². The lowest BCUT2D eigenvalue weighted by Crippen LogP contribution is -2.39. The van der Waals surface area contributed by atoms with Crippen molar-refractivity contribution in [3.05, 3.63) is 0 Å².